The lowest BCUT2D eigenvalue weighted by Crippen LogP contribution is -2.18. The number of amides is 1. The van der Waals surface area contributed by atoms with Crippen molar-refractivity contribution in [2.75, 3.05) is 0 Å². The molecule has 4 rings (SSSR count). The Labute approximate surface area is 171 Å². The van der Waals surface area contributed by atoms with Crippen LogP contribution in [0.1, 0.15) is 15.9 Å². The van der Waals surface area contributed by atoms with Crippen molar-refractivity contribution >= 4 is 23.0 Å². The molecule has 1 amide bonds. The molecule has 1 heterocycles. The van der Waals surface area contributed by atoms with Crippen LogP contribution in [0.15, 0.2) is 77.9 Å². The first kappa shape index (κ1) is 19.1. The molecule has 7 heteroatoms. The second-order valence-electron chi connectivity index (χ2n) is 6.53. The average Bonchev–Trinajstić information content (AvgIpc) is 2.76. The minimum Gasteiger partial charge on any atom is -0.504 e. The van der Waals surface area contributed by atoms with E-state index in [9.17, 15) is 19.4 Å². The Bertz CT molecular complexity index is 1270. The van der Waals surface area contributed by atoms with Crippen LogP contribution in [0.25, 0.3) is 22.2 Å². The van der Waals surface area contributed by atoms with Gasteiger partial charge in [0.15, 0.2) is 11.5 Å². The van der Waals surface area contributed by atoms with E-state index in [2.05, 4.69) is 15.5 Å². The molecule has 0 atom stereocenters. The van der Waals surface area contributed by atoms with Crippen molar-refractivity contribution in [3.8, 4) is 22.8 Å². The smallest absolute Gasteiger partial charge is 0.272 e. The highest BCUT2D eigenvalue weighted by Gasteiger charge is 2.13. The maximum atomic E-state index is 13.3. The number of nitrogens with zero attached hydrogens (tertiary/aromatic N) is 2. The number of hydrogen-bond donors (Lipinski definition) is 3. The summed E-state index contributed by atoms with van der Waals surface area (Å²) in [6, 6.07) is 18.9. The number of phenolic OH excluding ortho intramolecular Hbond substituents is 2. The van der Waals surface area contributed by atoms with Crippen molar-refractivity contribution in [1.29, 1.82) is 0 Å². The first-order chi connectivity index (χ1) is 14.5. The summed E-state index contributed by atoms with van der Waals surface area (Å²) >= 11 is 0. The molecule has 0 aliphatic heterocycles. The van der Waals surface area contributed by atoms with Gasteiger partial charge in [-0.2, -0.15) is 5.10 Å². The lowest BCUT2D eigenvalue weighted by atomic mass is 10.0. The van der Waals surface area contributed by atoms with Gasteiger partial charge in [-0.25, -0.2) is 14.8 Å². The first-order valence-corrected chi connectivity index (χ1v) is 9.02. The molecule has 3 aromatic carbocycles. The number of halogens is 1. The number of hydrogen-bond acceptors (Lipinski definition) is 5. The van der Waals surface area contributed by atoms with Gasteiger partial charge >= 0.3 is 0 Å². The number of pyridine rings is 1. The van der Waals surface area contributed by atoms with Gasteiger partial charge in [-0.3, -0.25) is 4.79 Å². The molecule has 3 N–H and O–H groups in total. The fourth-order valence-electron chi connectivity index (χ4n) is 2.98. The summed E-state index contributed by atoms with van der Waals surface area (Å²) in [5.74, 6) is -1.33. The third-order valence-electron chi connectivity index (χ3n) is 4.48. The Morgan fingerprint density at radius 2 is 1.73 bits per heavy atom. The minimum atomic E-state index is -0.448. The number of aromatic nitrogens is 1. The van der Waals surface area contributed by atoms with Crippen molar-refractivity contribution < 1.29 is 19.4 Å². The van der Waals surface area contributed by atoms with Gasteiger partial charge in [-0.15, -0.1) is 0 Å². The first-order valence-electron chi connectivity index (χ1n) is 9.02. The number of carbonyl (C=O) groups excluding carboxylic acids is 1. The monoisotopic (exact) mass is 401 g/mol. The zero-order chi connectivity index (χ0) is 21.1. The van der Waals surface area contributed by atoms with E-state index in [-0.39, 0.29) is 17.3 Å². The van der Waals surface area contributed by atoms with E-state index >= 15 is 0 Å². The normalized spacial score (nSPS) is 11.1. The number of rotatable bonds is 4. The highest BCUT2D eigenvalue weighted by Crippen LogP contribution is 2.26. The van der Waals surface area contributed by atoms with Crippen LogP contribution in [0.2, 0.25) is 0 Å². The zero-order valence-corrected chi connectivity index (χ0v) is 15.6. The van der Waals surface area contributed by atoms with Gasteiger partial charge in [0, 0.05) is 10.9 Å². The highest BCUT2D eigenvalue weighted by molar-refractivity contribution is 6.07. The van der Waals surface area contributed by atoms with Crippen LogP contribution in [0.5, 0.6) is 11.5 Å². The zero-order valence-electron chi connectivity index (χ0n) is 15.6. The average molecular weight is 401 g/mol. The summed E-state index contributed by atoms with van der Waals surface area (Å²) in [5.41, 5.74) is 5.16. The van der Waals surface area contributed by atoms with Crippen molar-refractivity contribution in [2.24, 2.45) is 5.10 Å². The molecule has 0 aliphatic carbocycles. The molecule has 6 nitrogen and oxygen atoms in total. The van der Waals surface area contributed by atoms with Crippen LogP contribution in [0.3, 0.4) is 0 Å². The second kappa shape index (κ2) is 8.00. The predicted octanol–water partition coefficient (Wildman–Crippen LogP) is 4.22. The molecule has 0 radical (unpaired) electrons. The number of benzene rings is 3. The molecule has 0 saturated heterocycles. The summed E-state index contributed by atoms with van der Waals surface area (Å²) in [4.78, 5) is 17.4. The number of fused-ring (bicyclic) bond motifs is 1. The third-order valence-corrected chi connectivity index (χ3v) is 4.48. The molecule has 4 aromatic rings. The fourth-order valence-corrected chi connectivity index (χ4v) is 2.98. The molecular formula is C23H16FN3O3. The van der Waals surface area contributed by atoms with Crippen molar-refractivity contribution in [1.82, 2.24) is 10.4 Å². The highest BCUT2D eigenvalue weighted by atomic mass is 19.1. The topological polar surface area (TPSA) is 94.8 Å². The van der Waals surface area contributed by atoms with Crippen LogP contribution in [-0.4, -0.2) is 27.3 Å². The van der Waals surface area contributed by atoms with Gasteiger partial charge in [0.2, 0.25) is 0 Å². The van der Waals surface area contributed by atoms with Gasteiger partial charge in [-0.1, -0.05) is 18.2 Å². The van der Waals surface area contributed by atoms with E-state index in [1.54, 1.807) is 42.5 Å². The Morgan fingerprint density at radius 1 is 0.967 bits per heavy atom. The number of nitrogens with one attached hydrogen (secondary N) is 1. The summed E-state index contributed by atoms with van der Waals surface area (Å²) in [7, 11) is 0. The molecule has 30 heavy (non-hydrogen) atoms. The molecule has 0 saturated carbocycles. The third kappa shape index (κ3) is 3.95. The summed E-state index contributed by atoms with van der Waals surface area (Å²) in [5, 5.41) is 23.5. The number of phenols is 2. The summed E-state index contributed by atoms with van der Waals surface area (Å²) < 4.78 is 13.3. The van der Waals surface area contributed by atoms with Gasteiger partial charge in [0.1, 0.15) is 5.82 Å². The molecule has 0 spiro atoms. The molecule has 0 bridgehead atoms. The number of hydrazone groups is 1. The molecule has 148 valence electrons. The van der Waals surface area contributed by atoms with Gasteiger partial charge < -0.3 is 10.2 Å². The number of para-hydroxylation sites is 1. The molecule has 0 aliphatic rings. The SMILES string of the molecule is O=C(N/N=C/c1ccc(O)c(O)c1)c1cc(-c2ccc(F)cc2)nc2ccccc12. The van der Waals surface area contributed by atoms with Crippen molar-refractivity contribution in [3.05, 3.63) is 89.7 Å². The quantitative estimate of drug-likeness (QED) is 0.271. The van der Waals surface area contributed by atoms with Crippen LogP contribution in [-0.2, 0) is 0 Å². The van der Waals surface area contributed by atoms with Crippen LogP contribution < -0.4 is 5.43 Å². The largest absolute Gasteiger partial charge is 0.504 e. The van der Waals surface area contributed by atoms with Crippen LogP contribution in [0, 0.1) is 5.82 Å². The maximum absolute atomic E-state index is 13.3. The molecule has 0 unspecified atom stereocenters. The fraction of sp³-hybridized carbons (Fsp3) is 0. The van der Waals surface area contributed by atoms with Crippen LogP contribution >= 0.6 is 0 Å². The van der Waals surface area contributed by atoms with Gasteiger partial charge in [0.05, 0.1) is 23.0 Å². The van der Waals surface area contributed by atoms with E-state index in [0.717, 1.165) is 0 Å². The Morgan fingerprint density at radius 3 is 2.50 bits per heavy atom. The molecular weight excluding hydrogens is 385 g/mol. The van der Waals surface area contributed by atoms with Crippen molar-refractivity contribution in [3.63, 3.8) is 0 Å². The van der Waals surface area contributed by atoms with E-state index < -0.39 is 5.91 Å². The molecule has 1 aromatic heterocycles. The van der Waals surface area contributed by atoms with E-state index in [1.165, 1.54) is 30.5 Å². The Kier molecular flexibility index (Phi) is 5.09. The Hall–Kier alpha value is -4.26. The van der Waals surface area contributed by atoms with Gasteiger partial charge in [0.25, 0.3) is 5.91 Å². The Balaban J connectivity index is 1.66. The predicted molar refractivity (Wildman–Crippen MR) is 112 cm³/mol. The maximum Gasteiger partial charge on any atom is 0.272 e. The standard InChI is InChI=1S/C23H16FN3O3/c24-16-8-6-15(7-9-16)20-12-18(17-3-1-2-4-19(17)26-20)23(30)27-25-13-14-5-10-21(28)22(29)11-14/h1-13,28-29H,(H,27,30)/b25-13+. The number of aromatic hydroxyl groups is 2. The van der Waals surface area contributed by atoms with Gasteiger partial charge in [-0.05, 0) is 60.2 Å². The minimum absolute atomic E-state index is 0.243. The summed E-state index contributed by atoms with van der Waals surface area (Å²) in [6.07, 6.45) is 1.35. The van der Waals surface area contributed by atoms with E-state index in [1.807, 2.05) is 6.07 Å². The van der Waals surface area contributed by atoms with Crippen LogP contribution in [0.4, 0.5) is 4.39 Å². The van der Waals surface area contributed by atoms with E-state index in [0.29, 0.717) is 33.3 Å². The molecule has 0 fully saturated rings. The second-order valence-corrected chi connectivity index (χ2v) is 6.53. The summed E-state index contributed by atoms with van der Waals surface area (Å²) in [6.45, 7) is 0. The van der Waals surface area contributed by atoms with Crippen molar-refractivity contribution in [2.45, 2.75) is 0 Å². The lowest BCUT2D eigenvalue weighted by Gasteiger charge is -2.09. The number of carbonyl (C=O) groups is 1. The van der Waals surface area contributed by atoms with E-state index in [4.69, 9.17) is 0 Å². The lowest BCUT2D eigenvalue weighted by molar-refractivity contribution is 0.0956.